The number of ether oxygens (including phenoxy) is 2. The number of fused-ring (bicyclic) bond motifs is 2. The number of nitrogens with zero attached hydrogens (tertiary/aromatic N) is 2. The molecule has 0 spiro atoms. The SMILES string of the molecule is COCCOc1ccc(CNC(=O)NC2CC3CCC(C2)N3Cc2ccccc2)cn1. The molecular weight excluding hydrogens is 392 g/mol. The van der Waals surface area contributed by atoms with Gasteiger partial charge in [0.1, 0.15) is 6.61 Å². The summed E-state index contributed by atoms with van der Waals surface area (Å²) in [6.07, 6.45) is 6.21. The van der Waals surface area contributed by atoms with Crippen molar-refractivity contribution >= 4 is 6.03 Å². The van der Waals surface area contributed by atoms with E-state index in [4.69, 9.17) is 9.47 Å². The molecule has 0 aliphatic carbocycles. The smallest absolute Gasteiger partial charge is 0.315 e. The molecule has 7 nitrogen and oxygen atoms in total. The van der Waals surface area contributed by atoms with E-state index in [-0.39, 0.29) is 12.1 Å². The van der Waals surface area contributed by atoms with Gasteiger partial charge in [0.25, 0.3) is 0 Å². The molecule has 2 atom stereocenters. The van der Waals surface area contributed by atoms with Crippen LogP contribution in [0.5, 0.6) is 5.88 Å². The molecule has 2 N–H and O–H groups in total. The van der Waals surface area contributed by atoms with Gasteiger partial charge in [-0.3, -0.25) is 4.90 Å². The molecule has 0 radical (unpaired) electrons. The molecule has 2 unspecified atom stereocenters. The van der Waals surface area contributed by atoms with Crippen LogP contribution in [0.3, 0.4) is 0 Å². The summed E-state index contributed by atoms with van der Waals surface area (Å²) in [4.78, 5) is 19.3. The summed E-state index contributed by atoms with van der Waals surface area (Å²) in [5, 5.41) is 6.14. The van der Waals surface area contributed by atoms with E-state index in [1.165, 1.54) is 18.4 Å². The van der Waals surface area contributed by atoms with Gasteiger partial charge in [0.2, 0.25) is 5.88 Å². The lowest BCUT2D eigenvalue weighted by atomic mass is 9.96. The van der Waals surface area contributed by atoms with Crippen molar-refractivity contribution in [1.29, 1.82) is 0 Å². The number of aromatic nitrogens is 1. The molecule has 31 heavy (non-hydrogen) atoms. The van der Waals surface area contributed by atoms with Gasteiger partial charge in [-0.15, -0.1) is 0 Å². The summed E-state index contributed by atoms with van der Waals surface area (Å²) in [6, 6.07) is 15.6. The van der Waals surface area contributed by atoms with Gasteiger partial charge < -0.3 is 20.1 Å². The number of carbonyl (C=O) groups excluding carboxylic acids is 1. The Morgan fingerprint density at radius 1 is 1.06 bits per heavy atom. The number of amides is 2. The number of rotatable bonds is 9. The quantitative estimate of drug-likeness (QED) is 0.605. The summed E-state index contributed by atoms with van der Waals surface area (Å²) < 4.78 is 10.4. The third-order valence-corrected chi connectivity index (χ3v) is 6.22. The average Bonchev–Trinajstić information content (AvgIpc) is 3.02. The van der Waals surface area contributed by atoms with Gasteiger partial charge in [-0.25, -0.2) is 9.78 Å². The monoisotopic (exact) mass is 424 g/mol. The van der Waals surface area contributed by atoms with Crippen LogP contribution in [0.25, 0.3) is 0 Å². The summed E-state index contributed by atoms with van der Waals surface area (Å²) in [7, 11) is 1.63. The summed E-state index contributed by atoms with van der Waals surface area (Å²) >= 11 is 0. The first-order valence-electron chi connectivity index (χ1n) is 11.1. The third-order valence-electron chi connectivity index (χ3n) is 6.22. The number of methoxy groups -OCH3 is 1. The van der Waals surface area contributed by atoms with Crippen LogP contribution in [-0.4, -0.2) is 54.4 Å². The molecule has 2 amide bonds. The second-order valence-corrected chi connectivity index (χ2v) is 8.38. The molecule has 2 aliphatic heterocycles. The van der Waals surface area contributed by atoms with Crippen LogP contribution in [0.15, 0.2) is 48.7 Å². The Morgan fingerprint density at radius 3 is 2.52 bits per heavy atom. The lowest BCUT2D eigenvalue weighted by Crippen LogP contribution is -2.51. The van der Waals surface area contributed by atoms with Gasteiger partial charge >= 0.3 is 6.03 Å². The highest BCUT2D eigenvalue weighted by Crippen LogP contribution is 2.36. The Hall–Kier alpha value is -2.64. The van der Waals surface area contributed by atoms with E-state index in [2.05, 4.69) is 50.8 Å². The summed E-state index contributed by atoms with van der Waals surface area (Å²) in [5.41, 5.74) is 2.30. The van der Waals surface area contributed by atoms with E-state index < -0.39 is 0 Å². The minimum atomic E-state index is -0.110. The Morgan fingerprint density at radius 2 is 1.84 bits per heavy atom. The fraction of sp³-hybridized carbons (Fsp3) is 0.500. The molecule has 4 rings (SSSR count). The molecule has 2 bridgehead atoms. The molecule has 0 saturated carbocycles. The second-order valence-electron chi connectivity index (χ2n) is 8.38. The first-order valence-corrected chi connectivity index (χ1v) is 11.1. The van der Waals surface area contributed by atoms with Gasteiger partial charge in [-0.05, 0) is 36.8 Å². The zero-order valence-electron chi connectivity index (χ0n) is 18.1. The number of benzene rings is 1. The average molecular weight is 425 g/mol. The standard InChI is InChI=1S/C24H32N4O3/c1-30-11-12-31-23-10-7-19(15-25-23)16-26-24(29)27-20-13-21-8-9-22(14-20)28(21)17-18-5-3-2-4-6-18/h2-7,10,15,20-22H,8-9,11-14,16-17H2,1H3,(H2,26,27,29). The number of hydrogen-bond acceptors (Lipinski definition) is 5. The number of urea groups is 1. The van der Waals surface area contributed by atoms with Crippen LogP contribution in [0, 0.1) is 0 Å². The van der Waals surface area contributed by atoms with Gasteiger partial charge in [-0.1, -0.05) is 36.4 Å². The lowest BCUT2D eigenvalue weighted by Gasteiger charge is -2.39. The maximum Gasteiger partial charge on any atom is 0.315 e. The maximum absolute atomic E-state index is 12.4. The van der Waals surface area contributed by atoms with Gasteiger partial charge in [0.15, 0.2) is 0 Å². The van der Waals surface area contributed by atoms with Crippen molar-refractivity contribution in [3.8, 4) is 5.88 Å². The second kappa shape index (κ2) is 10.6. The number of hydrogen-bond donors (Lipinski definition) is 2. The normalized spacial score (nSPS) is 22.8. The van der Waals surface area contributed by atoms with Crippen LogP contribution in [0.2, 0.25) is 0 Å². The molecule has 7 heteroatoms. The molecule has 2 aliphatic rings. The lowest BCUT2D eigenvalue weighted by molar-refractivity contribution is 0.111. The van der Waals surface area contributed by atoms with E-state index in [9.17, 15) is 4.79 Å². The van der Waals surface area contributed by atoms with Crippen LogP contribution < -0.4 is 15.4 Å². The highest BCUT2D eigenvalue weighted by atomic mass is 16.5. The Balaban J connectivity index is 1.20. The maximum atomic E-state index is 12.4. The fourth-order valence-corrected chi connectivity index (χ4v) is 4.69. The minimum Gasteiger partial charge on any atom is -0.475 e. The molecule has 3 heterocycles. The Kier molecular flexibility index (Phi) is 7.38. The molecule has 166 valence electrons. The van der Waals surface area contributed by atoms with Crippen molar-refractivity contribution in [3.05, 3.63) is 59.8 Å². The predicted molar refractivity (Wildman–Crippen MR) is 119 cm³/mol. The van der Waals surface area contributed by atoms with Crippen LogP contribution in [0.1, 0.15) is 36.8 Å². The zero-order chi connectivity index (χ0) is 21.5. The third kappa shape index (κ3) is 5.95. The molecule has 1 aromatic carbocycles. The molecule has 1 aromatic heterocycles. The van der Waals surface area contributed by atoms with E-state index >= 15 is 0 Å². The molecular formula is C24H32N4O3. The first kappa shape index (κ1) is 21.6. The van der Waals surface area contributed by atoms with Crippen molar-refractivity contribution < 1.29 is 14.3 Å². The summed E-state index contributed by atoms with van der Waals surface area (Å²) in [5.74, 6) is 0.558. The number of piperidine rings is 1. The van der Waals surface area contributed by atoms with E-state index in [0.29, 0.717) is 37.7 Å². The van der Waals surface area contributed by atoms with Crippen molar-refractivity contribution in [2.75, 3.05) is 20.3 Å². The first-order chi connectivity index (χ1) is 15.2. The number of carbonyl (C=O) groups is 1. The van der Waals surface area contributed by atoms with Crippen LogP contribution in [-0.2, 0) is 17.8 Å². The van der Waals surface area contributed by atoms with Crippen molar-refractivity contribution in [2.45, 2.75) is 56.9 Å². The van der Waals surface area contributed by atoms with E-state index in [1.54, 1.807) is 13.3 Å². The fourth-order valence-electron chi connectivity index (χ4n) is 4.69. The Labute approximate surface area is 184 Å². The van der Waals surface area contributed by atoms with Gasteiger partial charge in [-0.2, -0.15) is 0 Å². The number of nitrogens with one attached hydrogen (secondary N) is 2. The topological polar surface area (TPSA) is 75.7 Å². The van der Waals surface area contributed by atoms with Crippen LogP contribution >= 0.6 is 0 Å². The largest absolute Gasteiger partial charge is 0.475 e. The van der Waals surface area contributed by atoms with E-state index in [1.807, 2.05) is 12.1 Å². The van der Waals surface area contributed by atoms with Crippen molar-refractivity contribution in [1.82, 2.24) is 20.5 Å². The molecule has 2 aromatic rings. The molecule has 2 fully saturated rings. The van der Waals surface area contributed by atoms with Gasteiger partial charge in [0.05, 0.1) is 6.61 Å². The minimum absolute atomic E-state index is 0.110. The highest BCUT2D eigenvalue weighted by molar-refractivity contribution is 5.74. The van der Waals surface area contributed by atoms with Crippen LogP contribution in [0.4, 0.5) is 4.79 Å². The van der Waals surface area contributed by atoms with Gasteiger partial charge in [0, 0.05) is 50.6 Å². The highest BCUT2D eigenvalue weighted by Gasteiger charge is 2.40. The predicted octanol–water partition coefficient (Wildman–Crippen LogP) is 3.10. The Bertz CT molecular complexity index is 816. The van der Waals surface area contributed by atoms with Crippen molar-refractivity contribution in [3.63, 3.8) is 0 Å². The molecule has 2 saturated heterocycles. The van der Waals surface area contributed by atoms with Crippen molar-refractivity contribution in [2.24, 2.45) is 0 Å². The zero-order valence-corrected chi connectivity index (χ0v) is 18.1. The van der Waals surface area contributed by atoms with E-state index in [0.717, 1.165) is 24.9 Å². The number of pyridine rings is 1. The summed E-state index contributed by atoms with van der Waals surface area (Å²) in [6.45, 7) is 2.44.